The molecule has 2 aliphatic carbocycles. The first kappa shape index (κ1) is 52.3. The average Bonchev–Trinajstić information content (AvgIpc) is 3.62. The zero-order valence-corrected chi connectivity index (χ0v) is 41.4. The van der Waals surface area contributed by atoms with Gasteiger partial charge < -0.3 is 51.4 Å². The van der Waals surface area contributed by atoms with Crippen LogP contribution in [-0.4, -0.2) is 120 Å². The maximum atomic E-state index is 15.5. The number of amides is 6. The molecule has 3 aromatic rings. The van der Waals surface area contributed by atoms with E-state index in [0.29, 0.717) is 61.0 Å². The molecule has 388 valence electrons. The lowest BCUT2D eigenvalue weighted by atomic mass is 9.68. The normalized spacial score (nSPS) is 19.7. The second-order valence-corrected chi connectivity index (χ2v) is 19.5. The molecular weight excluding hydrogens is 944 g/mol. The van der Waals surface area contributed by atoms with Gasteiger partial charge in [0.2, 0.25) is 35.4 Å². The van der Waals surface area contributed by atoms with Crippen molar-refractivity contribution in [1.82, 2.24) is 41.8 Å². The molecule has 0 saturated heterocycles. The van der Waals surface area contributed by atoms with Gasteiger partial charge >= 0.3 is 5.97 Å². The maximum absolute atomic E-state index is 15.5. The van der Waals surface area contributed by atoms with E-state index >= 15 is 4.39 Å². The molecule has 5 aliphatic rings. The summed E-state index contributed by atoms with van der Waals surface area (Å²) >= 11 is 0. The van der Waals surface area contributed by atoms with Gasteiger partial charge in [0, 0.05) is 47.5 Å². The molecule has 0 spiro atoms. The van der Waals surface area contributed by atoms with Crippen molar-refractivity contribution in [2.75, 3.05) is 46.1 Å². The van der Waals surface area contributed by atoms with Gasteiger partial charge in [-0.3, -0.25) is 33.6 Å². The van der Waals surface area contributed by atoms with E-state index < -0.39 is 71.6 Å². The Morgan fingerprint density at radius 1 is 0.932 bits per heavy atom. The third kappa shape index (κ3) is 11.1. The number of nitrogens with one attached hydrogen (secondary N) is 6. The number of Topliss-reactive ketones (excluding diaryl/α,β-unsaturated/α-hetero) is 1. The molecule has 73 heavy (non-hydrogen) atoms. The molecule has 3 aliphatic heterocycles. The van der Waals surface area contributed by atoms with E-state index in [0.717, 1.165) is 46.9 Å². The number of carbonyl (C=O) groups is 8. The summed E-state index contributed by atoms with van der Waals surface area (Å²) in [7, 11) is 0. The average molecular weight is 1010 g/mol. The number of halogens is 1. The SMILES string of the molecule is CCCCCC(=O)NCC(=O)NCC(=O)N[C@@H](Cc1ccccc1)C(=O)NCC(=O)NCOCC1(C(=O)N[C@H]2CCc3c(C)c(F)cc4nc5c(c2c34)CN2CC(=O)C3=C(C=C52)[C@@](O)(CC)C(=O)OC3)CCC1. The number of esters is 1. The number of hydrogen-bond acceptors (Lipinski definition) is 13. The number of hydrogen-bond donors (Lipinski definition) is 7. The third-order valence-electron chi connectivity index (χ3n) is 14.7. The van der Waals surface area contributed by atoms with Crippen LogP contribution in [0.3, 0.4) is 0 Å². The second kappa shape index (κ2) is 22.4. The summed E-state index contributed by atoms with van der Waals surface area (Å²) in [5, 5.41) is 28.3. The first-order valence-electron chi connectivity index (χ1n) is 25.1. The molecule has 1 fully saturated rings. The lowest BCUT2D eigenvalue weighted by Crippen LogP contribution is -2.52. The molecule has 1 aromatic heterocycles. The Bertz CT molecular complexity index is 2790. The highest BCUT2D eigenvalue weighted by Crippen LogP contribution is 2.48. The van der Waals surface area contributed by atoms with E-state index in [1.165, 1.54) is 6.07 Å². The monoisotopic (exact) mass is 1010 g/mol. The van der Waals surface area contributed by atoms with E-state index in [2.05, 4.69) is 31.9 Å². The van der Waals surface area contributed by atoms with Crippen LogP contribution in [-0.2, 0) is 67.2 Å². The minimum absolute atomic E-state index is 0.0149. The zero-order chi connectivity index (χ0) is 52.0. The van der Waals surface area contributed by atoms with Gasteiger partial charge in [-0.15, -0.1) is 0 Å². The van der Waals surface area contributed by atoms with Crippen molar-refractivity contribution in [3.8, 4) is 0 Å². The van der Waals surface area contributed by atoms with Crippen molar-refractivity contribution in [1.29, 1.82) is 0 Å². The summed E-state index contributed by atoms with van der Waals surface area (Å²) in [5.41, 5.74) is 2.34. The molecule has 1 saturated carbocycles. The molecule has 7 N–H and O–H groups in total. The van der Waals surface area contributed by atoms with Crippen LogP contribution >= 0.6 is 0 Å². The summed E-state index contributed by atoms with van der Waals surface area (Å²) in [6.45, 7) is 3.81. The van der Waals surface area contributed by atoms with Crippen LogP contribution in [0.15, 0.2) is 53.6 Å². The lowest BCUT2D eigenvalue weighted by molar-refractivity contribution is -0.163. The third-order valence-corrected chi connectivity index (χ3v) is 14.7. The predicted molar refractivity (Wildman–Crippen MR) is 263 cm³/mol. The Balaban J connectivity index is 0.884. The van der Waals surface area contributed by atoms with E-state index in [9.17, 15) is 43.5 Å². The molecule has 20 heteroatoms. The predicted octanol–water partition coefficient (Wildman–Crippen LogP) is 2.44. The van der Waals surface area contributed by atoms with Crippen LogP contribution in [0, 0.1) is 18.2 Å². The quantitative estimate of drug-likeness (QED) is 0.0460. The first-order chi connectivity index (χ1) is 35.0. The standard InChI is InChI=1S/C53H63FN8O11/c1-4-6-8-14-42(64)55-22-43(65)56-24-45(67)59-39(19-31-12-9-7-10-13-31)49(68)57-23-44(66)58-29-72-28-52(17-11-18-52)50(69)61-37-16-15-32-30(3)36(54)21-38-46(32)47(37)33-25-62-26-41(63)34-27-73-51(70)53(71,5-2)35(34)20-40(62)48(33)60-38/h7,9-10,12-13,20-21,37,39,71H,4-6,8,11,14-19,22-29H2,1-3H3,(H,55,64)(H,56,65)(H,57,68)(H,58,66)(H,59,67)(H,61,69)/t37-,39-,53-/m0/s1. The fourth-order valence-electron chi connectivity index (χ4n) is 10.3. The van der Waals surface area contributed by atoms with E-state index in [1.807, 2.05) is 11.8 Å². The van der Waals surface area contributed by atoms with Crippen LogP contribution < -0.4 is 31.9 Å². The van der Waals surface area contributed by atoms with E-state index in [-0.39, 0.29) is 81.2 Å². The number of unbranched alkanes of at least 4 members (excludes halogenated alkanes) is 2. The molecule has 19 nitrogen and oxygen atoms in total. The van der Waals surface area contributed by atoms with Crippen molar-refractivity contribution in [2.24, 2.45) is 5.41 Å². The van der Waals surface area contributed by atoms with Crippen molar-refractivity contribution >= 4 is 63.8 Å². The van der Waals surface area contributed by atoms with Crippen molar-refractivity contribution in [2.45, 2.75) is 116 Å². The van der Waals surface area contributed by atoms with Gasteiger partial charge in [0.25, 0.3) is 0 Å². The zero-order valence-electron chi connectivity index (χ0n) is 41.4. The highest BCUT2D eigenvalue weighted by Gasteiger charge is 2.49. The summed E-state index contributed by atoms with van der Waals surface area (Å²) in [5.74, 6) is -4.53. The lowest BCUT2D eigenvalue weighted by Gasteiger charge is -2.41. The fourth-order valence-corrected chi connectivity index (χ4v) is 10.3. The Morgan fingerprint density at radius 2 is 1.66 bits per heavy atom. The number of nitrogens with zero attached hydrogens (tertiary/aromatic N) is 2. The van der Waals surface area contributed by atoms with Gasteiger partial charge in [-0.05, 0) is 73.8 Å². The minimum Gasteiger partial charge on any atom is -0.458 e. The first-order valence-corrected chi connectivity index (χ1v) is 25.1. The highest BCUT2D eigenvalue weighted by atomic mass is 19.1. The minimum atomic E-state index is -2.04. The Hall–Kier alpha value is -7.06. The molecule has 0 bridgehead atoms. The topological polar surface area (TPSA) is 264 Å². The number of fused-ring (bicyclic) bond motifs is 4. The number of aliphatic hydroxyl groups is 1. The number of ketones is 1. The molecule has 8 rings (SSSR count). The largest absolute Gasteiger partial charge is 0.458 e. The number of cyclic esters (lactones) is 1. The number of ether oxygens (including phenoxy) is 2. The number of aryl methyl sites for hydroxylation is 1. The number of carbonyl (C=O) groups excluding carboxylic acids is 8. The van der Waals surface area contributed by atoms with Crippen molar-refractivity contribution in [3.05, 3.63) is 92.9 Å². The smallest absolute Gasteiger partial charge is 0.343 e. The van der Waals surface area contributed by atoms with E-state index in [4.69, 9.17) is 14.5 Å². The summed E-state index contributed by atoms with van der Waals surface area (Å²) in [4.78, 5) is 111. The molecule has 2 aromatic carbocycles. The van der Waals surface area contributed by atoms with E-state index in [1.54, 1.807) is 50.3 Å². The van der Waals surface area contributed by atoms with Gasteiger partial charge in [-0.1, -0.05) is 63.4 Å². The second-order valence-electron chi connectivity index (χ2n) is 19.5. The number of benzene rings is 2. The molecule has 0 unspecified atom stereocenters. The van der Waals surface area contributed by atoms with Gasteiger partial charge in [0.1, 0.15) is 25.2 Å². The van der Waals surface area contributed by atoms with Crippen LogP contribution in [0.1, 0.15) is 111 Å². The number of pyridine rings is 1. The molecule has 4 heterocycles. The maximum Gasteiger partial charge on any atom is 0.343 e. The summed E-state index contributed by atoms with van der Waals surface area (Å²) in [6.07, 6.45) is 7.30. The van der Waals surface area contributed by atoms with Crippen molar-refractivity contribution in [3.63, 3.8) is 0 Å². The molecule has 6 amide bonds. The Morgan fingerprint density at radius 3 is 2.38 bits per heavy atom. The molecular formula is C53H63FN8O11. The number of aromatic nitrogens is 1. The molecule has 3 atom stereocenters. The Kier molecular flexibility index (Phi) is 16.0. The van der Waals surface area contributed by atoms with Gasteiger partial charge in [-0.2, -0.15) is 0 Å². The van der Waals surface area contributed by atoms with Gasteiger partial charge in [0.05, 0.1) is 61.2 Å². The Labute approximate surface area is 421 Å². The van der Waals surface area contributed by atoms with Crippen LogP contribution in [0.2, 0.25) is 0 Å². The van der Waals surface area contributed by atoms with Gasteiger partial charge in [-0.25, -0.2) is 14.2 Å². The van der Waals surface area contributed by atoms with Crippen molar-refractivity contribution < 1.29 is 57.3 Å². The molecule has 0 radical (unpaired) electrons. The number of rotatable bonds is 21. The summed E-state index contributed by atoms with van der Waals surface area (Å²) in [6, 6.07) is 8.69. The van der Waals surface area contributed by atoms with Crippen LogP contribution in [0.5, 0.6) is 0 Å². The fraction of sp³-hybridized carbons (Fsp3) is 0.491. The van der Waals surface area contributed by atoms with Gasteiger partial charge in [0.15, 0.2) is 11.4 Å². The van der Waals surface area contributed by atoms with Crippen LogP contribution in [0.25, 0.3) is 16.6 Å². The van der Waals surface area contributed by atoms with Crippen LogP contribution in [0.4, 0.5) is 4.39 Å². The highest BCUT2D eigenvalue weighted by molar-refractivity contribution is 6.05. The summed E-state index contributed by atoms with van der Waals surface area (Å²) < 4.78 is 26.7.